The summed E-state index contributed by atoms with van der Waals surface area (Å²) >= 11 is 6.34. The fraction of sp³-hybridized carbons (Fsp3) is 0.409. The molecule has 1 aromatic carbocycles. The van der Waals surface area contributed by atoms with Crippen LogP contribution in [0.2, 0.25) is 5.02 Å². The van der Waals surface area contributed by atoms with Gasteiger partial charge < -0.3 is 10.4 Å². The maximum absolute atomic E-state index is 13.3. The summed E-state index contributed by atoms with van der Waals surface area (Å²) in [5.74, 6) is 0.390. The first-order valence-electron chi connectivity index (χ1n) is 9.42. The molecule has 0 radical (unpaired) electrons. The Morgan fingerprint density at radius 2 is 1.93 bits per heavy atom. The van der Waals surface area contributed by atoms with Crippen molar-refractivity contribution in [1.29, 1.82) is 0 Å². The summed E-state index contributed by atoms with van der Waals surface area (Å²) < 4.78 is 1.76. The Balaban J connectivity index is 0.00000160. The van der Waals surface area contributed by atoms with Crippen molar-refractivity contribution in [2.24, 2.45) is 0 Å². The van der Waals surface area contributed by atoms with Crippen molar-refractivity contribution >= 4 is 41.0 Å². The maximum Gasteiger partial charge on any atom is 0.260 e. The van der Waals surface area contributed by atoms with Gasteiger partial charge in [-0.1, -0.05) is 37.2 Å². The van der Waals surface area contributed by atoms with E-state index in [0.717, 1.165) is 18.2 Å². The third kappa shape index (κ3) is 4.61. The molecule has 162 valence electrons. The number of benzene rings is 1. The van der Waals surface area contributed by atoms with Crippen LogP contribution in [0.25, 0.3) is 22.2 Å². The van der Waals surface area contributed by atoms with Crippen molar-refractivity contribution in [2.75, 3.05) is 5.32 Å². The molecule has 0 aliphatic heterocycles. The number of pyridine rings is 1. The molecule has 6 nitrogen and oxygen atoms in total. The molecular formula is C22H28Cl2N4O2. The van der Waals surface area contributed by atoms with E-state index < -0.39 is 5.60 Å². The zero-order valence-corrected chi connectivity index (χ0v) is 18.1. The first-order valence-corrected chi connectivity index (χ1v) is 9.79. The Hall–Kier alpha value is -2.15. The van der Waals surface area contributed by atoms with Gasteiger partial charge in [-0.25, -0.2) is 4.98 Å². The van der Waals surface area contributed by atoms with Gasteiger partial charge in [0.1, 0.15) is 5.65 Å². The molecule has 1 aliphatic carbocycles. The number of halogens is 2. The summed E-state index contributed by atoms with van der Waals surface area (Å²) in [6, 6.07) is 9.04. The van der Waals surface area contributed by atoms with E-state index in [1.807, 2.05) is 25.1 Å². The highest BCUT2D eigenvalue weighted by molar-refractivity contribution is 6.33. The van der Waals surface area contributed by atoms with Crippen LogP contribution in [0.3, 0.4) is 0 Å². The molecule has 8 heteroatoms. The molecule has 1 saturated carbocycles. The SMILES string of the molecule is C.C[C@H](Nc1ncc2cc(-c3ccccc3Cl)c(=O)n(C3CC3)c2n1)C(C)(C)O.Cl. The molecule has 1 aliphatic rings. The summed E-state index contributed by atoms with van der Waals surface area (Å²) in [6.45, 7) is 5.31. The van der Waals surface area contributed by atoms with E-state index in [2.05, 4.69) is 15.3 Å². The Kier molecular flexibility index (Phi) is 7.17. The highest BCUT2D eigenvalue weighted by atomic mass is 35.5. The van der Waals surface area contributed by atoms with Crippen molar-refractivity contribution in [1.82, 2.24) is 14.5 Å². The van der Waals surface area contributed by atoms with E-state index in [1.165, 1.54) is 0 Å². The van der Waals surface area contributed by atoms with E-state index >= 15 is 0 Å². The molecule has 0 saturated heterocycles. The number of nitrogens with zero attached hydrogens (tertiary/aromatic N) is 3. The van der Waals surface area contributed by atoms with Crippen LogP contribution in [0, 0.1) is 0 Å². The number of aromatic nitrogens is 3. The third-order valence-corrected chi connectivity index (χ3v) is 5.58. The van der Waals surface area contributed by atoms with Gasteiger partial charge in [-0.3, -0.25) is 9.36 Å². The zero-order valence-electron chi connectivity index (χ0n) is 16.5. The molecule has 4 rings (SSSR count). The largest absolute Gasteiger partial charge is 0.388 e. The molecule has 1 atom stereocenters. The first-order chi connectivity index (χ1) is 13.3. The summed E-state index contributed by atoms with van der Waals surface area (Å²) in [6.07, 6.45) is 3.61. The van der Waals surface area contributed by atoms with Crippen molar-refractivity contribution in [3.63, 3.8) is 0 Å². The van der Waals surface area contributed by atoms with Crippen LogP contribution in [0.1, 0.15) is 47.1 Å². The van der Waals surface area contributed by atoms with Gasteiger partial charge in [0.25, 0.3) is 5.56 Å². The monoisotopic (exact) mass is 450 g/mol. The predicted octanol–water partition coefficient (Wildman–Crippen LogP) is 5.08. The molecule has 0 unspecified atom stereocenters. The van der Waals surface area contributed by atoms with Gasteiger partial charge in [-0.05, 0) is 45.7 Å². The Morgan fingerprint density at radius 3 is 2.53 bits per heavy atom. The van der Waals surface area contributed by atoms with Crippen LogP contribution in [0.4, 0.5) is 5.95 Å². The average molecular weight is 451 g/mol. The average Bonchev–Trinajstić information content (AvgIpc) is 3.46. The summed E-state index contributed by atoms with van der Waals surface area (Å²) in [5, 5.41) is 14.6. The number of rotatable bonds is 5. The van der Waals surface area contributed by atoms with Crippen molar-refractivity contribution in [3.8, 4) is 11.1 Å². The molecule has 3 aromatic rings. The van der Waals surface area contributed by atoms with Crippen LogP contribution in [0.5, 0.6) is 0 Å². The summed E-state index contributed by atoms with van der Waals surface area (Å²) in [5.41, 5.74) is 0.845. The van der Waals surface area contributed by atoms with E-state index in [-0.39, 0.29) is 37.5 Å². The Labute approximate surface area is 187 Å². The molecule has 0 amide bonds. The van der Waals surface area contributed by atoms with Gasteiger partial charge in [0.2, 0.25) is 5.95 Å². The van der Waals surface area contributed by atoms with Gasteiger partial charge in [0, 0.05) is 33.8 Å². The molecule has 0 spiro atoms. The predicted molar refractivity (Wildman–Crippen MR) is 126 cm³/mol. The fourth-order valence-electron chi connectivity index (χ4n) is 3.10. The first kappa shape index (κ1) is 24.1. The topological polar surface area (TPSA) is 80.0 Å². The highest BCUT2D eigenvalue weighted by Crippen LogP contribution is 2.37. The second kappa shape index (κ2) is 8.92. The lowest BCUT2D eigenvalue weighted by Gasteiger charge is -2.26. The smallest absolute Gasteiger partial charge is 0.260 e. The Morgan fingerprint density at radius 1 is 1.27 bits per heavy atom. The lowest BCUT2D eigenvalue weighted by Crippen LogP contribution is -2.39. The summed E-state index contributed by atoms with van der Waals surface area (Å²) in [4.78, 5) is 22.3. The number of fused-ring (bicyclic) bond motifs is 1. The quantitative estimate of drug-likeness (QED) is 0.566. The number of hydrogen-bond donors (Lipinski definition) is 2. The molecule has 2 aromatic heterocycles. The summed E-state index contributed by atoms with van der Waals surface area (Å²) in [7, 11) is 0. The van der Waals surface area contributed by atoms with Crippen molar-refractivity contribution in [2.45, 2.75) is 58.7 Å². The molecule has 1 fully saturated rings. The van der Waals surface area contributed by atoms with Gasteiger partial charge in [0.15, 0.2) is 0 Å². The maximum atomic E-state index is 13.3. The molecular weight excluding hydrogens is 423 g/mol. The second-order valence-corrected chi connectivity index (χ2v) is 8.34. The lowest BCUT2D eigenvalue weighted by atomic mass is 10.0. The van der Waals surface area contributed by atoms with E-state index in [9.17, 15) is 9.90 Å². The van der Waals surface area contributed by atoms with Gasteiger partial charge >= 0.3 is 0 Å². The minimum atomic E-state index is -0.928. The van der Waals surface area contributed by atoms with Crippen LogP contribution < -0.4 is 10.9 Å². The van der Waals surface area contributed by atoms with Gasteiger partial charge in [0.05, 0.1) is 11.6 Å². The van der Waals surface area contributed by atoms with E-state index in [4.69, 9.17) is 11.6 Å². The lowest BCUT2D eigenvalue weighted by molar-refractivity contribution is 0.0646. The van der Waals surface area contributed by atoms with E-state index in [1.54, 1.807) is 36.7 Å². The number of nitrogens with one attached hydrogen (secondary N) is 1. The van der Waals surface area contributed by atoms with Crippen LogP contribution in [-0.4, -0.2) is 31.3 Å². The minimum Gasteiger partial charge on any atom is -0.388 e. The normalized spacial score (nSPS) is 14.6. The van der Waals surface area contributed by atoms with Gasteiger partial charge in [-0.2, -0.15) is 4.98 Å². The number of hydrogen-bond acceptors (Lipinski definition) is 5. The minimum absolute atomic E-state index is 0. The van der Waals surface area contributed by atoms with Gasteiger partial charge in [-0.15, -0.1) is 12.4 Å². The van der Waals surface area contributed by atoms with Crippen molar-refractivity contribution in [3.05, 3.63) is 51.9 Å². The second-order valence-electron chi connectivity index (χ2n) is 7.94. The Bertz CT molecular complexity index is 1100. The van der Waals surface area contributed by atoms with Crippen LogP contribution in [0.15, 0.2) is 41.3 Å². The third-order valence-electron chi connectivity index (χ3n) is 5.25. The number of aliphatic hydroxyl groups is 1. The molecule has 0 bridgehead atoms. The van der Waals surface area contributed by atoms with E-state index in [0.29, 0.717) is 27.7 Å². The van der Waals surface area contributed by atoms with Crippen LogP contribution >= 0.6 is 24.0 Å². The number of anilines is 1. The fourth-order valence-corrected chi connectivity index (χ4v) is 3.34. The van der Waals surface area contributed by atoms with Crippen LogP contribution in [-0.2, 0) is 0 Å². The molecule has 2 heterocycles. The highest BCUT2D eigenvalue weighted by Gasteiger charge is 2.29. The molecule has 30 heavy (non-hydrogen) atoms. The standard InChI is InChI=1S/C21H23ClN4O2.CH4.ClH/c1-12(21(2,3)28)24-20-23-11-13-10-16(15-6-4-5-7-17(15)22)19(27)26(14-8-9-14)18(13)25-20;;/h4-7,10-12,14,28H,8-9H2,1-3H3,(H,23,24,25);1H4;1H/t12-;;/m0../s1. The van der Waals surface area contributed by atoms with Crippen molar-refractivity contribution < 1.29 is 5.11 Å². The zero-order chi connectivity index (χ0) is 20.1. The molecule has 2 N–H and O–H groups in total.